The third-order valence-electron chi connectivity index (χ3n) is 4.63. The van der Waals surface area contributed by atoms with Crippen LogP contribution in [0.1, 0.15) is 28.0 Å². The lowest BCUT2D eigenvalue weighted by atomic mass is 10.1. The molecule has 1 amide bonds. The van der Waals surface area contributed by atoms with Gasteiger partial charge in [0.15, 0.2) is 0 Å². The summed E-state index contributed by atoms with van der Waals surface area (Å²) in [5, 5.41) is 23.0. The number of phenolic OH excluding ortho intramolecular Hbond substituents is 1. The van der Waals surface area contributed by atoms with E-state index in [1.807, 2.05) is 28.8 Å². The number of hydrogen-bond acceptors (Lipinski definition) is 4. The van der Waals surface area contributed by atoms with Crippen LogP contribution in [-0.2, 0) is 11.3 Å². The number of hydrogen-bond donors (Lipinski definition) is 3. The van der Waals surface area contributed by atoms with Gasteiger partial charge in [-0.05, 0) is 42.8 Å². The number of amides is 1. The molecule has 1 aromatic heterocycles. The van der Waals surface area contributed by atoms with Crippen LogP contribution in [0.4, 0.5) is 0 Å². The van der Waals surface area contributed by atoms with Crippen molar-refractivity contribution >= 4 is 34.0 Å². The van der Waals surface area contributed by atoms with Gasteiger partial charge in [0, 0.05) is 34.4 Å². The van der Waals surface area contributed by atoms with E-state index in [9.17, 15) is 19.8 Å². The Morgan fingerprint density at radius 2 is 1.87 bits per heavy atom. The van der Waals surface area contributed by atoms with E-state index in [4.69, 9.17) is 0 Å². The monoisotopic (exact) mass is 469 g/mol. The SMILES string of the molecule is Cc1c(C(=O)O)cc(-c2ccc(Br)cc2)n1CCC(=O)NN=Cc1ccccc1O. The molecule has 0 saturated heterocycles. The summed E-state index contributed by atoms with van der Waals surface area (Å²) < 4.78 is 2.74. The molecular formula is C22H20BrN3O4. The van der Waals surface area contributed by atoms with Crippen LogP contribution >= 0.6 is 15.9 Å². The number of nitrogens with one attached hydrogen (secondary N) is 1. The van der Waals surface area contributed by atoms with Gasteiger partial charge in [-0.1, -0.05) is 40.2 Å². The van der Waals surface area contributed by atoms with Crippen LogP contribution in [0.2, 0.25) is 0 Å². The predicted octanol–water partition coefficient (Wildman–Crippen LogP) is 4.17. The highest BCUT2D eigenvalue weighted by Crippen LogP contribution is 2.27. The maximum absolute atomic E-state index is 12.2. The second-order valence-corrected chi connectivity index (χ2v) is 7.51. The van der Waals surface area contributed by atoms with E-state index in [-0.39, 0.29) is 23.6 Å². The number of aromatic nitrogens is 1. The van der Waals surface area contributed by atoms with Gasteiger partial charge in [0.25, 0.3) is 0 Å². The summed E-state index contributed by atoms with van der Waals surface area (Å²) in [6, 6.07) is 15.8. The van der Waals surface area contributed by atoms with E-state index < -0.39 is 5.97 Å². The number of carboxylic acids is 1. The Kier molecular flexibility index (Phi) is 6.68. The molecule has 0 radical (unpaired) electrons. The van der Waals surface area contributed by atoms with E-state index in [2.05, 4.69) is 26.5 Å². The Hall–Kier alpha value is -3.39. The molecule has 0 fully saturated rings. The van der Waals surface area contributed by atoms with Gasteiger partial charge < -0.3 is 14.8 Å². The molecule has 154 valence electrons. The van der Waals surface area contributed by atoms with Crippen molar-refractivity contribution in [2.24, 2.45) is 5.10 Å². The summed E-state index contributed by atoms with van der Waals surface area (Å²) in [5.41, 5.74) is 5.27. The van der Waals surface area contributed by atoms with E-state index in [0.29, 0.717) is 17.8 Å². The predicted molar refractivity (Wildman–Crippen MR) is 118 cm³/mol. The van der Waals surface area contributed by atoms with Crippen LogP contribution in [0.3, 0.4) is 0 Å². The summed E-state index contributed by atoms with van der Waals surface area (Å²) in [6.45, 7) is 2.02. The highest BCUT2D eigenvalue weighted by atomic mass is 79.9. The minimum Gasteiger partial charge on any atom is -0.507 e. The normalized spacial score (nSPS) is 11.0. The number of aromatic carboxylic acids is 1. The molecule has 30 heavy (non-hydrogen) atoms. The fourth-order valence-corrected chi connectivity index (χ4v) is 3.31. The van der Waals surface area contributed by atoms with Gasteiger partial charge in [-0.15, -0.1) is 0 Å². The lowest BCUT2D eigenvalue weighted by Gasteiger charge is -2.11. The number of hydrazone groups is 1. The first kappa shape index (κ1) is 21.3. The van der Waals surface area contributed by atoms with Crippen molar-refractivity contribution in [2.45, 2.75) is 19.9 Å². The van der Waals surface area contributed by atoms with Gasteiger partial charge in [0.1, 0.15) is 5.75 Å². The zero-order valence-corrected chi connectivity index (χ0v) is 17.8. The molecule has 0 saturated carbocycles. The molecule has 0 aliphatic rings. The summed E-state index contributed by atoms with van der Waals surface area (Å²) in [4.78, 5) is 23.8. The molecule has 3 aromatic rings. The van der Waals surface area contributed by atoms with Crippen LogP contribution in [0, 0.1) is 6.92 Å². The molecule has 0 unspecified atom stereocenters. The third kappa shape index (κ3) is 4.96. The fraction of sp³-hybridized carbons (Fsp3) is 0.136. The molecule has 1 heterocycles. The summed E-state index contributed by atoms with van der Waals surface area (Å²) in [6.07, 6.45) is 1.47. The van der Waals surface area contributed by atoms with Gasteiger partial charge in [-0.2, -0.15) is 5.10 Å². The summed E-state index contributed by atoms with van der Waals surface area (Å²) >= 11 is 3.39. The Bertz CT molecular complexity index is 1100. The van der Waals surface area contributed by atoms with Crippen LogP contribution < -0.4 is 5.43 Å². The smallest absolute Gasteiger partial charge is 0.337 e. The molecule has 0 atom stereocenters. The number of carbonyl (C=O) groups is 2. The molecule has 0 aliphatic heterocycles. The van der Waals surface area contributed by atoms with Crippen LogP contribution in [0.15, 0.2) is 64.2 Å². The van der Waals surface area contributed by atoms with Crippen molar-refractivity contribution in [1.29, 1.82) is 0 Å². The first-order chi connectivity index (χ1) is 14.4. The molecule has 0 spiro atoms. The van der Waals surface area contributed by atoms with Gasteiger partial charge in [0.2, 0.25) is 5.91 Å². The highest BCUT2D eigenvalue weighted by molar-refractivity contribution is 9.10. The number of rotatable bonds is 7. The number of nitrogens with zero attached hydrogens (tertiary/aromatic N) is 2. The van der Waals surface area contributed by atoms with Gasteiger partial charge in [0.05, 0.1) is 11.8 Å². The second-order valence-electron chi connectivity index (χ2n) is 6.59. The Morgan fingerprint density at radius 3 is 2.53 bits per heavy atom. The van der Waals surface area contributed by atoms with Crippen molar-refractivity contribution < 1.29 is 19.8 Å². The molecule has 8 heteroatoms. The van der Waals surface area contributed by atoms with Crippen molar-refractivity contribution in [3.05, 3.63) is 75.9 Å². The zero-order chi connectivity index (χ0) is 21.7. The van der Waals surface area contributed by atoms with E-state index >= 15 is 0 Å². The minimum atomic E-state index is -1.01. The number of benzene rings is 2. The third-order valence-corrected chi connectivity index (χ3v) is 5.16. The van der Waals surface area contributed by atoms with Crippen molar-refractivity contribution in [3.8, 4) is 17.0 Å². The largest absolute Gasteiger partial charge is 0.507 e. The quantitative estimate of drug-likeness (QED) is 0.356. The highest BCUT2D eigenvalue weighted by Gasteiger charge is 2.18. The van der Waals surface area contributed by atoms with E-state index in [0.717, 1.165) is 15.7 Å². The van der Waals surface area contributed by atoms with Gasteiger partial charge in [-0.3, -0.25) is 4.79 Å². The molecule has 3 N–H and O–H groups in total. The second kappa shape index (κ2) is 9.41. The Morgan fingerprint density at radius 1 is 1.17 bits per heavy atom. The molecule has 0 aliphatic carbocycles. The summed E-state index contributed by atoms with van der Waals surface area (Å²) in [7, 11) is 0. The first-order valence-corrected chi connectivity index (χ1v) is 9.95. The first-order valence-electron chi connectivity index (χ1n) is 9.16. The minimum absolute atomic E-state index is 0.0683. The summed E-state index contributed by atoms with van der Waals surface area (Å²) in [5.74, 6) is -1.27. The topological polar surface area (TPSA) is 104 Å². The van der Waals surface area contributed by atoms with Crippen molar-refractivity contribution in [2.75, 3.05) is 0 Å². The number of halogens is 1. The van der Waals surface area contributed by atoms with Crippen LogP contribution in [0.5, 0.6) is 5.75 Å². The van der Waals surface area contributed by atoms with E-state index in [1.54, 1.807) is 31.2 Å². The Balaban J connectivity index is 1.74. The maximum atomic E-state index is 12.2. The van der Waals surface area contributed by atoms with Crippen LogP contribution in [0.25, 0.3) is 11.3 Å². The average molecular weight is 470 g/mol. The Labute approximate surface area is 181 Å². The van der Waals surface area contributed by atoms with Crippen LogP contribution in [-0.4, -0.2) is 32.9 Å². The lowest BCUT2D eigenvalue weighted by Crippen LogP contribution is -2.20. The number of para-hydroxylation sites is 1. The maximum Gasteiger partial charge on any atom is 0.337 e. The zero-order valence-electron chi connectivity index (χ0n) is 16.2. The fourth-order valence-electron chi connectivity index (χ4n) is 3.05. The molecule has 0 bridgehead atoms. The number of aromatic hydroxyl groups is 1. The molecular weight excluding hydrogens is 450 g/mol. The van der Waals surface area contributed by atoms with Gasteiger partial charge >= 0.3 is 5.97 Å². The van der Waals surface area contributed by atoms with Gasteiger partial charge in [-0.25, -0.2) is 10.2 Å². The average Bonchev–Trinajstić information content (AvgIpc) is 3.05. The molecule has 2 aromatic carbocycles. The lowest BCUT2D eigenvalue weighted by molar-refractivity contribution is -0.121. The number of phenols is 1. The van der Waals surface area contributed by atoms with E-state index in [1.165, 1.54) is 12.3 Å². The molecule has 3 rings (SSSR count). The van der Waals surface area contributed by atoms with Crippen molar-refractivity contribution in [3.63, 3.8) is 0 Å². The number of carbonyl (C=O) groups excluding carboxylic acids is 1. The number of carboxylic acid groups (broad SMARTS) is 1. The standard InChI is InChI=1S/C22H20BrN3O4/c1-14-18(22(29)30)12-19(15-6-8-17(23)9-7-15)26(14)11-10-21(28)25-24-13-16-4-2-3-5-20(16)27/h2-9,12-13,27H,10-11H2,1H3,(H,25,28)(H,29,30). The van der Waals surface area contributed by atoms with Crippen molar-refractivity contribution in [1.82, 2.24) is 9.99 Å². The molecule has 7 nitrogen and oxygen atoms in total.